The van der Waals surface area contributed by atoms with Crippen LogP contribution in [0.1, 0.15) is 42.2 Å². The fraction of sp³-hybridized carbons (Fsp3) is 0.125. The van der Waals surface area contributed by atoms with E-state index < -0.39 is 34.8 Å². The lowest BCUT2D eigenvalue weighted by Gasteiger charge is -2.16. The second-order valence-corrected chi connectivity index (χ2v) is 7.86. The van der Waals surface area contributed by atoms with E-state index in [9.17, 15) is 24.6 Å². The minimum absolute atomic E-state index is 0.0749. The minimum atomic E-state index is -0.913. The molecule has 0 saturated heterocycles. The Morgan fingerprint density at radius 2 is 1.45 bits per heavy atom. The van der Waals surface area contributed by atoms with Gasteiger partial charge in [-0.15, -0.1) is 0 Å². The van der Waals surface area contributed by atoms with E-state index >= 15 is 0 Å². The van der Waals surface area contributed by atoms with Crippen molar-refractivity contribution in [3.05, 3.63) is 80.8 Å². The number of benzene rings is 3. The highest BCUT2D eigenvalue weighted by atomic mass is 79.9. The normalized spacial score (nSPS) is 10.4. The molecule has 3 aromatic carbocycles. The molecule has 0 bridgehead atoms. The van der Waals surface area contributed by atoms with Crippen LogP contribution < -0.4 is 9.47 Å². The Labute approximate surface area is 197 Å². The van der Waals surface area contributed by atoms with Gasteiger partial charge in [-0.2, -0.15) is 0 Å². The van der Waals surface area contributed by atoms with Crippen molar-refractivity contribution in [3.8, 4) is 23.0 Å². The topological polar surface area (TPSA) is 119 Å². The van der Waals surface area contributed by atoms with Crippen molar-refractivity contribution in [1.29, 1.82) is 0 Å². The third-order valence-electron chi connectivity index (χ3n) is 4.69. The molecule has 0 atom stereocenters. The van der Waals surface area contributed by atoms with Crippen LogP contribution in [0, 0.1) is 6.92 Å². The maximum absolute atomic E-state index is 13.3. The number of hydrogen-bond acceptors (Lipinski definition) is 8. The second kappa shape index (κ2) is 9.74. The third kappa shape index (κ3) is 4.98. The first-order valence-corrected chi connectivity index (χ1v) is 10.3. The van der Waals surface area contributed by atoms with Gasteiger partial charge < -0.3 is 24.4 Å². The molecule has 3 aromatic rings. The van der Waals surface area contributed by atoms with Gasteiger partial charge in [-0.3, -0.25) is 4.79 Å². The number of rotatable bonds is 6. The second-order valence-electron chi connectivity index (χ2n) is 6.94. The number of phenolic OH excluding ortho intramolecular Hbond substituents is 2. The number of phenols is 2. The average molecular weight is 515 g/mol. The number of halogens is 1. The van der Waals surface area contributed by atoms with E-state index in [2.05, 4.69) is 15.9 Å². The van der Waals surface area contributed by atoms with E-state index in [1.54, 1.807) is 31.2 Å². The van der Waals surface area contributed by atoms with Crippen molar-refractivity contribution in [2.75, 3.05) is 14.2 Å². The van der Waals surface area contributed by atoms with E-state index in [4.69, 9.17) is 14.2 Å². The van der Waals surface area contributed by atoms with Gasteiger partial charge in [-0.05, 0) is 55.0 Å². The van der Waals surface area contributed by atoms with Crippen molar-refractivity contribution in [3.63, 3.8) is 0 Å². The number of aryl methyl sites for hydroxylation is 1. The summed E-state index contributed by atoms with van der Waals surface area (Å²) in [5.41, 5.74) is -0.186. The van der Waals surface area contributed by atoms with E-state index in [1.165, 1.54) is 25.3 Å². The lowest BCUT2D eigenvalue weighted by Crippen LogP contribution is -2.15. The van der Waals surface area contributed by atoms with Crippen molar-refractivity contribution in [2.24, 2.45) is 0 Å². The molecule has 0 heterocycles. The predicted molar refractivity (Wildman–Crippen MR) is 121 cm³/mol. The summed E-state index contributed by atoms with van der Waals surface area (Å²) in [6.45, 7) is 1.63. The molecule has 0 saturated carbocycles. The quantitative estimate of drug-likeness (QED) is 0.282. The zero-order valence-electron chi connectivity index (χ0n) is 17.8. The van der Waals surface area contributed by atoms with Crippen molar-refractivity contribution >= 4 is 33.7 Å². The predicted octanol–water partition coefficient (Wildman–Crippen LogP) is 4.41. The summed E-state index contributed by atoms with van der Waals surface area (Å²) in [5.74, 6) is -3.64. The Bertz CT molecular complexity index is 1230. The van der Waals surface area contributed by atoms with Crippen molar-refractivity contribution in [2.45, 2.75) is 6.92 Å². The van der Waals surface area contributed by atoms with Crippen LogP contribution >= 0.6 is 15.9 Å². The maximum Gasteiger partial charge on any atom is 0.343 e. The van der Waals surface area contributed by atoms with Crippen LogP contribution in [0.3, 0.4) is 0 Å². The number of esters is 2. The smallest absolute Gasteiger partial charge is 0.343 e. The number of carbonyl (C=O) groups excluding carboxylic acids is 3. The van der Waals surface area contributed by atoms with E-state index in [0.29, 0.717) is 5.56 Å². The number of ketones is 1. The monoisotopic (exact) mass is 514 g/mol. The summed E-state index contributed by atoms with van der Waals surface area (Å²) in [6, 6.07) is 11.4. The molecule has 0 spiro atoms. The highest BCUT2D eigenvalue weighted by molar-refractivity contribution is 9.10. The first kappa shape index (κ1) is 23.8. The van der Waals surface area contributed by atoms with Crippen LogP contribution in [0.4, 0.5) is 0 Å². The van der Waals surface area contributed by atoms with Crippen LogP contribution in [0.15, 0.2) is 53.0 Å². The average Bonchev–Trinajstić information content (AvgIpc) is 2.77. The molecule has 9 heteroatoms. The molecule has 0 aromatic heterocycles. The fourth-order valence-corrected chi connectivity index (χ4v) is 3.44. The van der Waals surface area contributed by atoms with Crippen LogP contribution in [0.2, 0.25) is 0 Å². The molecule has 0 aliphatic heterocycles. The zero-order chi connectivity index (χ0) is 24.3. The molecule has 0 radical (unpaired) electrons. The Morgan fingerprint density at radius 1 is 0.848 bits per heavy atom. The number of methoxy groups -OCH3 is 2. The fourth-order valence-electron chi connectivity index (χ4n) is 3.17. The van der Waals surface area contributed by atoms with Gasteiger partial charge in [0.2, 0.25) is 5.78 Å². The Morgan fingerprint density at radius 3 is 2.00 bits per heavy atom. The van der Waals surface area contributed by atoms with Crippen LogP contribution in [0.25, 0.3) is 0 Å². The molecular weight excluding hydrogens is 496 g/mol. The van der Waals surface area contributed by atoms with E-state index in [1.807, 2.05) is 0 Å². The SMILES string of the molecule is COC(=O)c1cc(OC(=O)c2ccc(Br)cc2)cc(OC)c1C(=O)c1c(O)cc(C)cc1O. The van der Waals surface area contributed by atoms with Crippen molar-refractivity contribution < 1.29 is 38.8 Å². The number of ether oxygens (including phenoxy) is 3. The molecule has 0 aliphatic carbocycles. The molecule has 3 rings (SSSR count). The highest BCUT2D eigenvalue weighted by Crippen LogP contribution is 2.37. The third-order valence-corrected chi connectivity index (χ3v) is 5.22. The summed E-state index contributed by atoms with van der Waals surface area (Å²) in [5, 5.41) is 20.5. The summed E-state index contributed by atoms with van der Waals surface area (Å²) < 4.78 is 16.2. The maximum atomic E-state index is 13.3. The van der Waals surface area contributed by atoms with Gasteiger partial charge in [-0.25, -0.2) is 9.59 Å². The first-order chi connectivity index (χ1) is 15.7. The van der Waals surface area contributed by atoms with Crippen LogP contribution in [-0.4, -0.2) is 42.2 Å². The molecule has 0 aliphatic rings. The van der Waals surface area contributed by atoms with Gasteiger partial charge in [0.1, 0.15) is 28.6 Å². The molecule has 170 valence electrons. The molecule has 0 amide bonds. The summed E-state index contributed by atoms with van der Waals surface area (Å²) in [4.78, 5) is 38.3. The van der Waals surface area contributed by atoms with Gasteiger partial charge in [0, 0.05) is 10.5 Å². The zero-order valence-corrected chi connectivity index (χ0v) is 19.4. The van der Waals surface area contributed by atoms with E-state index in [0.717, 1.165) is 17.6 Å². The Hall–Kier alpha value is -3.85. The lowest BCUT2D eigenvalue weighted by molar-refractivity contribution is 0.0593. The summed E-state index contributed by atoms with van der Waals surface area (Å²) in [6.07, 6.45) is 0. The Kier molecular flexibility index (Phi) is 7.03. The minimum Gasteiger partial charge on any atom is -0.507 e. The van der Waals surface area contributed by atoms with Gasteiger partial charge in [-0.1, -0.05) is 15.9 Å². The molecule has 2 N–H and O–H groups in total. The van der Waals surface area contributed by atoms with Gasteiger partial charge in [0.15, 0.2) is 0 Å². The lowest BCUT2D eigenvalue weighted by atomic mass is 9.95. The summed E-state index contributed by atoms with van der Waals surface area (Å²) in [7, 11) is 2.37. The van der Waals surface area contributed by atoms with Crippen molar-refractivity contribution in [1.82, 2.24) is 0 Å². The van der Waals surface area contributed by atoms with Gasteiger partial charge in [0.25, 0.3) is 0 Å². The highest BCUT2D eigenvalue weighted by Gasteiger charge is 2.29. The molecule has 33 heavy (non-hydrogen) atoms. The van der Waals surface area contributed by atoms with Crippen LogP contribution in [0.5, 0.6) is 23.0 Å². The molecule has 0 unspecified atom stereocenters. The Balaban J connectivity index is 2.11. The first-order valence-electron chi connectivity index (χ1n) is 9.51. The van der Waals surface area contributed by atoms with Crippen LogP contribution in [-0.2, 0) is 4.74 Å². The van der Waals surface area contributed by atoms with Gasteiger partial charge in [0.05, 0.1) is 30.9 Å². The molecule has 0 fully saturated rings. The molecular formula is C24H19BrO8. The number of hydrogen-bond donors (Lipinski definition) is 2. The van der Waals surface area contributed by atoms with Gasteiger partial charge >= 0.3 is 11.9 Å². The molecule has 8 nitrogen and oxygen atoms in total. The standard InChI is InChI=1S/C24H19BrO8/c1-12-8-17(26)21(18(27)9-12)22(28)20-16(24(30)32-3)10-15(11-19(20)31-2)33-23(29)13-4-6-14(25)7-5-13/h4-11,26-27H,1-3H3. The number of carbonyl (C=O) groups is 3. The van der Waals surface area contributed by atoms with E-state index in [-0.39, 0.29) is 28.2 Å². The number of aromatic hydroxyl groups is 2. The largest absolute Gasteiger partial charge is 0.507 e. The summed E-state index contributed by atoms with van der Waals surface area (Å²) >= 11 is 3.28.